The van der Waals surface area contributed by atoms with Gasteiger partial charge >= 0.3 is 0 Å². The van der Waals surface area contributed by atoms with Crippen LogP contribution in [0.15, 0.2) is 0 Å². The van der Waals surface area contributed by atoms with Crippen molar-refractivity contribution >= 4 is 0 Å². The highest BCUT2D eigenvalue weighted by atomic mass is 15.2. The Kier molecular flexibility index (Phi) is 4.87. The van der Waals surface area contributed by atoms with Crippen LogP contribution in [0.2, 0.25) is 0 Å². The second kappa shape index (κ2) is 6.19. The molecular formula is C15H30N2. The fourth-order valence-electron chi connectivity index (χ4n) is 3.84. The number of nitrogens with one attached hydrogen (secondary N) is 1. The molecule has 2 heteroatoms. The van der Waals surface area contributed by atoms with Crippen LogP contribution in [0, 0.1) is 5.92 Å². The van der Waals surface area contributed by atoms with Gasteiger partial charge < -0.3 is 5.32 Å². The molecule has 4 atom stereocenters. The summed E-state index contributed by atoms with van der Waals surface area (Å²) >= 11 is 0. The van der Waals surface area contributed by atoms with Gasteiger partial charge in [0.05, 0.1) is 0 Å². The average molecular weight is 238 g/mol. The first-order valence-corrected chi connectivity index (χ1v) is 7.71. The zero-order valence-corrected chi connectivity index (χ0v) is 11.9. The summed E-state index contributed by atoms with van der Waals surface area (Å²) in [5.41, 5.74) is 0. The Labute approximate surface area is 107 Å². The molecule has 1 saturated heterocycles. The molecule has 4 unspecified atom stereocenters. The molecule has 2 rings (SSSR count). The molecule has 0 aromatic heterocycles. The molecule has 0 amide bonds. The van der Waals surface area contributed by atoms with Crippen molar-refractivity contribution in [2.45, 2.75) is 77.4 Å². The largest absolute Gasteiger partial charge is 0.314 e. The summed E-state index contributed by atoms with van der Waals surface area (Å²) in [5.74, 6) is 0.928. The van der Waals surface area contributed by atoms with Crippen molar-refractivity contribution in [2.24, 2.45) is 5.92 Å². The van der Waals surface area contributed by atoms with Gasteiger partial charge in [-0.3, -0.25) is 4.90 Å². The van der Waals surface area contributed by atoms with Gasteiger partial charge in [0.25, 0.3) is 0 Å². The van der Waals surface area contributed by atoms with E-state index in [-0.39, 0.29) is 0 Å². The fraction of sp³-hybridized carbons (Fsp3) is 1.00. The lowest BCUT2D eigenvalue weighted by Gasteiger charge is -2.43. The van der Waals surface area contributed by atoms with Crippen LogP contribution < -0.4 is 5.32 Å². The smallest absolute Gasteiger partial charge is 0.0124 e. The van der Waals surface area contributed by atoms with E-state index in [9.17, 15) is 0 Å². The lowest BCUT2D eigenvalue weighted by atomic mass is 9.93. The van der Waals surface area contributed by atoms with Crippen LogP contribution in [0.1, 0.15) is 59.3 Å². The highest BCUT2D eigenvalue weighted by Gasteiger charge is 2.34. The maximum atomic E-state index is 3.70. The standard InChI is InChI=1S/C15H30N2/c1-4-9-16-14-8-10-17(13(3)11-14)15-7-5-6-12(15)2/h12-16H,4-11H2,1-3H3. The molecule has 2 fully saturated rings. The second-order valence-electron chi connectivity index (χ2n) is 6.24. The summed E-state index contributed by atoms with van der Waals surface area (Å²) in [7, 11) is 0. The first-order chi connectivity index (χ1) is 8.22. The number of piperidine rings is 1. The highest BCUT2D eigenvalue weighted by molar-refractivity contribution is 4.91. The average Bonchev–Trinajstić information content (AvgIpc) is 2.73. The summed E-state index contributed by atoms with van der Waals surface area (Å²) in [6.07, 6.45) is 8.31. The molecule has 1 aliphatic heterocycles. The number of likely N-dealkylation sites (tertiary alicyclic amines) is 1. The van der Waals surface area contributed by atoms with Crippen molar-refractivity contribution in [1.82, 2.24) is 10.2 Å². The SMILES string of the molecule is CCCNC1CCN(C2CCCC2C)C(C)C1. The van der Waals surface area contributed by atoms with E-state index < -0.39 is 0 Å². The molecule has 2 nitrogen and oxygen atoms in total. The minimum absolute atomic E-state index is 0.776. The van der Waals surface area contributed by atoms with Gasteiger partial charge in [-0.05, 0) is 51.5 Å². The Morgan fingerprint density at radius 2 is 2.00 bits per heavy atom. The molecule has 0 aromatic rings. The molecule has 0 radical (unpaired) electrons. The normalized spacial score (nSPS) is 39.7. The van der Waals surface area contributed by atoms with E-state index in [4.69, 9.17) is 0 Å². The van der Waals surface area contributed by atoms with Crippen LogP contribution in [-0.2, 0) is 0 Å². The zero-order valence-electron chi connectivity index (χ0n) is 11.9. The van der Waals surface area contributed by atoms with E-state index in [1.165, 1.54) is 51.6 Å². The Hall–Kier alpha value is -0.0800. The van der Waals surface area contributed by atoms with Gasteiger partial charge in [-0.25, -0.2) is 0 Å². The lowest BCUT2D eigenvalue weighted by Crippen LogP contribution is -2.52. The molecule has 1 aliphatic carbocycles. The number of nitrogens with zero attached hydrogens (tertiary/aromatic N) is 1. The van der Waals surface area contributed by atoms with Crippen LogP contribution >= 0.6 is 0 Å². The zero-order chi connectivity index (χ0) is 12.3. The van der Waals surface area contributed by atoms with Crippen molar-refractivity contribution in [1.29, 1.82) is 0 Å². The van der Waals surface area contributed by atoms with E-state index >= 15 is 0 Å². The van der Waals surface area contributed by atoms with Crippen molar-refractivity contribution < 1.29 is 0 Å². The summed E-state index contributed by atoms with van der Waals surface area (Å²) in [4.78, 5) is 2.81. The lowest BCUT2D eigenvalue weighted by molar-refractivity contribution is 0.0718. The van der Waals surface area contributed by atoms with Gasteiger partial charge in [-0.15, -0.1) is 0 Å². The van der Waals surface area contributed by atoms with Gasteiger partial charge in [0.15, 0.2) is 0 Å². The molecule has 0 spiro atoms. The van der Waals surface area contributed by atoms with Crippen molar-refractivity contribution in [3.8, 4) is 0 Å². The second-order valence-corrected chi connectivity index (χ2v) is 6.24. The van der Waals surface area contributed by atoms with Crippen LogP contribution in [0.3, 0.4) is 0 Å². The molecule has 0 aromatic carbocycles. The summed E-state index contributed by atoms with van der Waals surface area (Å²) in [6.45, 7) is 9.65. The summed E-state index contributed by atoms with van der Waals surface area (Å²) in [5, 5.41) is 3.70. The molecule has 1 N–H and O–H groups in total. The third kappa shape index (κ3) is 3.23. The van der Waals surface area contributed by atoms with E-state index in [0.717, 1.165) is 24.0 Å². The van der Waals surface area contributed by atoms with Gasteiger partial charge in [0.1, 0.15) is 0 Å². The third-order valence-electron chi connectivity index (χ3n) is 4.85. The molecule has 2 aliphatic rings. The Morgan fingerprint density at radius 3 is 2.59 bits per heavy atom. The van der Waals surface area contributed by atoms with E-state index in [1.807, 2.05) is 0 Å². The number of hydrogen-bond donors (Lipinski definition) is 1. The number of hydrogen-bond acceptors (Lipinski definition) is 2. The Bertz CT molecular complexity index is 229. The highest BCUT2D eigenvalue weighted by Crippen LogP contribution is 2.33. The van der Waals surface area contributed by atoms with Gasteiger partial charge in [0, 0.05) is 24.7 Å². The quantitative estimate of drug-likeness (QED) is 0.810. The topological polar surface area (TPSA) is 15.3 Å². The van der Waals surface area contributed by atoms with Gasteiger partial charge in [-0.1, -0.05) is 20.3 Å². The van der Waals surface area contributed by atoms with E-state index in [1.54, 1.807) is 0 Å². The van der Waals surface area contributed by atoms with E-state index in [0.29, 0.717) is 0 Å². The van der Waals surface area contributed by atoms with Crippen LogP contribution in [-0.4, -0.2) is 36.1 Å². The predicted octanol–water partition coefficient (Wildman–Crippen LogP) is 3.03. The molecule has 1 heterocycles. The van der Waals surface area contributed by atoms with Crippen molar-refractivity contribution in [3.63, 3.8) is 0 Å². The fourth-order valence-corrected chi connectivity index (χ4v) is 3.84. The molecule has 0 bridgehead atoms. The summed E-state index contributed by atoms with van der Waals surface area (Å²) < 4.78 is 0. The van der Waals surface area contributed by atoms with Gasteiger partial charge in [0.2, 0.25) is 0 Å². The third-order valence-corrected chi connectivity index (χ3v) is 4.85. The molecular weight excluding hydrogens is 208 g/mol. The Morgan fingerprint density at radius 1 is 1.18 bits per heavy atom. The summed E-state index contributed by atoms with van der Waals surface area (Å²) in [6, 6.07) is 2.44. The first kappa shape index (κ1) is 13.4. The maximum absolute atomic E-state index is 3.70. The number of rotatable bonds is 4. The Balaban J connectivity index is 1.83. The van der Waals surface area contributed by atoms with Crippen molar-refractivity contribution in [3.05, 3.63) is 0 Å². The van der Waals surface area contributed by atoms with Crippen molar-refractivity contribution in [2.75, 3.05) is 13.1 Å². The van der Waals surface area contributed by atoms with E-state index in [2.05, 4.69) is 31.0 Å². The molecule has 1 saturated carbocycles. The predicted molar refractivity (Wildman–Crippen MR) is 74.3 cm³/mol. The minimum Gasteiger partial charge on any atom is -0.314 e. The molecule has 17 heavy (non-hydrogen) atoms. The molecule has 100 valence electrons. The van der Waals surface area contributed by atoms with Gasteiger partial charge in [-0.2, -0.15) is 0 Å². The minimum atomic E-state index is 0.776. The monoisotopic (exact) mass is 238 g/mol. The van der Waals surface area contributed by atoms with Crippen LogP contribution in [0.25, 0.3) is 0 Å². The van der Waals surface area contributed by atoms with Crippen LogP contribution in [0.5, 0.6) is 0 Å². The first-order valence-electron chi connectivity index (χ1n) is 7.71. The van der Waals surface area contributed by atoms with Crippen LogP contribution in [0.4, 0.5) is 0 Å². The maximum Gasteiger partial charge on any atom is 0.0124 e.